The molecule has 0 unspecified atom stereocenters. The molecule has 1 amide bonds. The van der Waals surface area contributed by atoms with Crippen LogP contribution in [-0.4, -0.2) is 45.1 Å². The van der Waals surface area contributed by atoms with Crippen molar-refractivity contribution in [1.82, 2.24) is 20.0 Å². The van der Waals surface area contributed by atoms with Gasteiger partial charge in [-0.3, -0.25) is 4.79 Å². The van der Waals surface area contributed by atoms with Gasteiger partial charge >= 0.3 is 0 Å². The lowest BCUT2D eigenvalue weighted by molar-refractivity contribution is -0.0664. The molecule has 3 aliphatic carbocycles. The van der Waals surface area contributed by atoms with Gasteiger partial charge in [-0.2, -0.15) is 4.98 Å². The lowest BCUT2D eigenvalue weighted by Crippen LogP contribution is -2.74. The van der Waals surface area contributed by atoms with Gasteiger partial charge in [0.2, 0.25) is 0 Å². The molecule has 0 spiro atoms. The Labute approximate surface area is 146 Å². The highest BCUT2D eigenvalue weighted by atomic mass is 16.5. The van der Waals surface area contributed by atoms with Crippen molar-refractivity contribution in [2.24, 2.45) is 11.7 Å². The van der Waals surface area contributed by atoms with Gasteiger partial charge in [0.1, 0.15) is 11.4 Å². The first-order chi connectivity index (χ1) is 11.8. The van der Waals surface area contributed by atoms with Crippen LogP contribution in [0.3, 0.4) is 0 Å². The highest BCUT2D eigenvalue weighted by molar-refractivity contribution is 5.92. The zero-order chi connectivity index (χ0) is 17.8. The molecule has 7 nitrogen and oxygen atoms in total. The average Bonchev–Trinajstić information content (AvgIpc) is 2.99. The van der Waals surface area contributed by atoms with Crippen molar-refractivity contribution in [2.45, 2.75) is 44.1 Å². The average molecular weight is 341 g/mol. The number of aromatic nitrogens is 3. The van der Waals surface area contributed by atoms with Gasteiger partial charge in [-0.1, -0.05) is 25.1 Å². The zero-order valence-electron chi connectivity index (χ0n) is 14.8. The molecule has 0 radical (unpaired) electrons. The molecule has 0 atom stereocenters. The molecule has 2 heterocycles. The van der Waals surface area contributed by atoms with E-state index in [0.717, 1.165) is 19.3 Å². The van der Waals surface area contributed by atoms with Gasteiger partial charge in [-0.15, -0.1) is 0 Å². The Morgan fingerprint density at radius 3 is 2.68 bits per heavy atom. The van der Waals surface area contributed by atoms with Crippen molar-refractivity contribution in [1.29, 1.82) is 0 Å². The third kappa shape index (κ3) is 2.63. The molecule has 3 aliphatic rings. The SMILES string of the molecule is CC(C)CN(C)C(=O)c1cccc(-c2nc(C34CC(N)(C3)C4)no2)n1. The van der Waals surface area contributed by atoms with Gasteiger partial charge in [-0.05, 0) is 37.3 Å². The van der Waals surface area contributed by atoms with Crippen LogP contribution in [0.4, 0.5) is 0 Å². The van der Waals surface area contributed by atoms with Crippen LogP contribution in [0.15, 0.2) is 22.7 Å². The number of carbonyl (C=O) groups is 1. The fourth-order valence-electron chi connectivity index (χ4n) is 4.15. The topological polar surface area (TPSA) is 98.1 Å². The van der Waals surface area contributed by atoms with E-state index >= 15 is 0 Å². The lowest BCUT2D eigenvalue weighted by atomic mass is 9.39. The first-order valence-corrected chi connectivity index (χ1v) is 8.66. The fourth-order valence-corrected chi connectivity index (χ4v) is 4.15. The molecule has 3 fully saturated rings. The Morgan fingerprint density at radius 1 is 1.32 bits per heavy atom. The van der Waals surface area contributed by atoms with Crippen LogP contribution < -0.4 is 5.73 Å². The maximum Gasteiger partial charge on any atom is 0.276 e. The van der Waals surface area contributed by atoms with Crippen molar-refractivity contribution >= 4 is 5.91 Å². The summed E-state index contributed by atoms with van der Waals surface area (Å²) in [5, 5.41) is 4.13. The Morgan fingerprint density at radius 2 is 2.04 bits per heavy atom. The monoisotopic (exact) mass is 341 g/mol. The van der Waals surface area contributed by atoms with Crippen LogP contribution in [0.1, 0.15) is 49.4 Å². The second-order valence-electron chi connectivity index (χ2n) is 8.08. The standard InChI is InChI=1S/C18H23N5O2/c1-11(2)7-23(3)15(24)13-6-4-5-12(20-13)14-21-16(22-25-14)17-8-18(19,9-17)10-17/h4-6,11H,7-10,19H2,1-3H3. The molecule has 2 aromatic heterocycles. The van der Waals surface area contributed by atoms with E-state index in [9.17, 15) is 4.79 Å². The molecule has 0 aromatic carbocycles. The van der Waals surface area contributed by atoms with Gasteiger partial charge in [0, 0.05) is 24.5 Å². The summed E-state index contributed by atoms with van der Waals surface area (Å²) in [6.45, 7) is 4.83. The predicted molar refractivity (Wildman–Crippen MR) is 91.8 cm³/mol. The Balaban J connectivity index is 1.54. The normalized spacial score (nSPS) is 26.9. The van der Waals surface area contributed by atoms with E-state index in [1.165, 1.54) is 0 Å². The van der Waals surface area contributed by atoms with E-state index in [2.05, 4.69) is 29.0 Å². The summed E-state index contributed by atoms with van der Waals surface area (Å²) in [5.41, 5.74) is 7.00. The molecule has 0 saturated heterocycles. The Bertz CT molecular complexity index is 809. The summed E-state index contributed by atoms with van der Waals surface area (Å²) >= 11 is 0. The van der Waals surface area contributed by atoms with Crippen LogP contribution >= 0.6 is 0 Å². The quantitative estimate of drug-likeness (QED) is 0.893. The third-order valence-electron chi connectivity index (χ3n) is 5.14. The number of pyridine rings is 1. The molecule has 2 aromatic rings. The van der Waals surface area contributed by atoms with Gasteiger partial charge < -0.3 is 15.2 Å². The van der Waals surface area contributed by atoms with E-state index in [1.807, 2.05) is 0 Å². The molecule has 3 saturated carbocycles. The van der Waals surface area contributed by atoms with Crippen molar-refractivity contribution in [3.8, 4) is 11.6 Å². The fraction of sp³-hybridized carbons (Fsp3) is 0.556. The highest BCUT2D eigenvalue weighted by Crippen LogP contribution is 2.65. The lowest BCUT2D eigenvalue weighted by Gasteiger charge is -2.67. The van der Waals surface area contributed by atoms with Gasteiger partial charge in [-0.25, -0.2) is 4.98 Å². The van der Waals surface area contributed by atoms with E-state index in [1.54, 1.807) is 30.1 Å². The maximum atomic E-state index is 12.5. The van der Waals surface area contributed by atoms with Crippen LogP contribution in [0, 0.1) is 5.92 Å². The van der Waals surface area contributed by atoms with Crippen molar-refractivity contribution in [2.75, 3.05) is 13.6 Å². The Hall–Kier alpha value is -2.28. The summed E-state index contributed by atoms with van der Waals surface area (Å²) < 4.78 is 5.40. The number of nitrogens with two attached hydrogens (primary N) is 1. The summed E-state index contributed by atoms with van der Waals surface area (Å²) in [6.07, 6.45) is 2.76. The number of hydrogen-bond donors (Lipinski definition) is 1. The van der Waals surface area contributed by atoms with Gasteiger partial charge in [0.25, 0.3) is 11.8 Å². The maximum absolute atomic E-state index is 12.5. The minimum atomic E-state index is -0.111. The van der Waals surface area contributed by atoms with Crippen molar-refractivity contribution in [3.63, 3.8) is 0 Å². The van der Waals surface area contributed by atoms with Gasteiger partial charge in [0.15, 0.2) is 5.82 Å². The second-order valence-corrected chi connectivity index (χ2v) is 8.08. The van der Waals surface area contributed by atoms with Crippen LogP contribution in [0.5, 0.6) is 0 Å². The molecule has 7 heteroatoms. The molecule has 0 aliphatic heterocycles. The molecule has 132 valence electrons. The smallest absolute Gasteiger partial charge is 0.276 e. The van der Waals surface area contributed by atoms with E-state index in [-0.39, 0.29) is 16.9 Å². The first-order valence-electron chi connectivity index (χ1n) is 8.66. The summed E-state index contributed by atoms with van der Waals surface area (Å²) in [5.74, 6) is 1.35. The Kier molecular flexibility index (Phi) is 3.47. The minimum absolute atomic E-state index is 0.00140. The largest absolute Gasteiger partial charge is 0.340 e. The zero-order valence-corrected chi connectivity index (χ0v) is 14.8. The minimum Gasteiger partial charge on any atom is -0.340 e. The van der Waals surface area contributed by atoms with Gasteiger partial charge in [0.05, 0.1) is 0 Å². The number of nitrogens with zero attached hydrogens (tertiary/aromatic N) is 4. The summed E-state index contributed by atoms with van der Waals surface area (Å²) in [4.78, 5) is 23.1. The first kappa shape index (κ1) is 16.2. The summed E-state index contributed by atoms with van der Waals surface area (Å²) in [6, 6.07) is 5.28. The van der Waals surface area contributed by atoms with Crippen molar-refractivity contribution in [3.05, 3.63) is 29.7 Å². The van der Waals surface area contributed by atoms with E-state index in [4.69, 9.17) is 10.3 Å². The molecular formula is C18H23N5O2. The summed E-state index contributed by atoms with van der Waals surface area (Å²) in [7, 11) is 1.78. The third-order valence-corrected chi connectivity index (χ3v) is 5.14. The predicted octanol–water partition coefficient (Wildman–Crippen LogP) is 1.99. The molecule has 2 N–H and O–H groups in total. The van der Waals surface area contributed by atoms with Crippen LogP contribution in [0.25, 0.3) is 11.6 Å². The number of amides is 1. The molecule has 25 heavy (non-hydrogen) atoms. The highest BCUT2D eigenvalue weighted by Gasteiger charge is 2.68. The number of rotatable bonds is 5. The molecular weight excluding hydrogens is 318 g/mol. The molecule has 5 rings (SSSR count). The van der Waals surface area contributed by atoms with Crippen LogP contribution in [-0.2, 0) is 5.41 Å². The number of carbonyl (C=O) groups excluding carboxylic acids is 1. The van der Waals surface area contributed by atoms with E-state index < -0.39 is 0 Å². The van der Waals surface area contributed by atoms with E-state index in [0.29, 0.717) is 35.6 Å². The second kappa shape index (κ2) is 5.36. The number of hydrogen-bond acceptors (Lipinski definition) is 6. The van der Waals surface area contributed by atoms with Crippen LogP contribution in [0.2, 0.25) is 0 Å². The molecule has 2 bridgehead atoms. The van der Waals surface area contributed by atoms with Crippen molar-refractivity contribution < 1.29 is 9.32 Å².